The van der Waals surface area contributed by atoms with Gasteiger partial charge in [-0.05, 0) is 36.3 Å². The molecule has 1 aliphatic rings. The monoisotopic (exact) mass is 476 g/mol. The van der Waals surface area contributed by atoms with E-state index in [1.807, 2.05) is 0 Å². The third kappa shape index (κ3) is 5.89. The van der Waals surface area contributed by atoms with E-state index in [4.69, 9.17) is 22.1 Å². The lowest BCUT2D eigenvalue weighted by Gasteiger charge is -2.26. The number of ether oxygens (including phenoxy) is 1. The number of nitrogens with one attached hydrogen (secondary N) is 1. The Morgan fingerprint density at radius 3 is 2.81 bits per heavy atom. The molecule has 0 radical (unpaired) electrons. The fraction of sp³-hybridized carbons (Fsp3) is 0.471. The topological polar surface area (TPSA) is 156 Å². The van der Waals surface area contributed by atoms with Crippen LogP contribution in [-0.2, 0) is 14.6 Å². The Kier molecular flexibility index (Phi) is 7.78. The van der Waals surface area contributed by atoms with Gasteiger partial charge in [-0.1, -0.05) is 21.9 Å². The number of nitrogens with zero attached hydrogens (tertiary/aromatic N) is 4. The van der Waals surface area contributed by atoms with Crippen LogP contribution in [0.2, 0.25) is 5.02 Å². The molecule has 4 N–H and O–H groups in total. The lowest BCUT2D eigenvalue weighted by molar-refractivity contribution is 0.0381. The number of amidine groups is 1. The molecule has 1 unspecified atom stereocenters. The maximum absolute atomic E-state index is 13.3. The van der Waals surface area contributed by atoms with Crippen molar-refractivity contribution in [2.75, 3.05) is 43.9 Å². The lowest BCUT2D eigenvalue weighted by Crippen LogP contribution is -2.37. The Hall–Kier alpha value is -2.32. The van der Waals surface area contributed by atoms with E-state index in [1.54, 1.807) is 0 Å². The summed E-state index contributed by atoms with van der Waals surface area (Å²) in [6.45, 7) is 3.33. The van der Waals surface area contributed by atoms with Crippen molar-refractivity contribution >= 4 is 33.0 Å². The van der Waals surface area contributed by atoms with Crippen molar-refractivity contribution in [3.8, 4) is 0 Å². The van der Waals surface area contributed by atoms with Crippen LogP contribution >= 0.6 is 11.6 Å². The predicted octanol–water partition coefficient (Wildman–Crippen LogP) is 1.20. The first-order chi connectivity index (χ1) is 14.8. The minimum Gasteiger partial charge on any atom is -0.409 e. The number of oxime groups is 1. The second-order valence-corrected chi connectivity index (χ2v) is 9.44. The summed E-state index contributed by atoms with van der Waals surface area (Å²) in [6, 6.07) is 3.69. The number of hydrogen-bond donors (Lipinski definition) is 3. The Bertz CT molecular complexity index is 1030. The van der Waals surface area contributed by atoms with Crippen molar-refractivity contribution in [3.05, 3.63) is 40.4 Å². The number of aromatic nitrogens is 2. The molecule has 0 spiro atoms. The van der Waals surface area contributed by atoms with Crippen molar-refractivity contribution in [1.29, 1.82) is 0 Å². The molecule has 1 aromatic carbocycles. The van der Waals surface area contributed by atoms with Gasteiger partial charge in [0.1, 0.15) is 11.5 Å². The van der Waals surface area contributed by atoms with Crippen LogP contribution in [0.25, 0.3) is 0 Å². The van der Waals surface area contributed by atoms with Crippen LogP contribution in [0, 0.1) is 5.82 Å². The number of sulfone groups is 1. The first-order valence-electron chi connectivity index (χ1n) is 9.36. The summed E-state index contributed by atoms with van der Waals surface area (Å²) in [5.41, 5.74) is 5.78. The maximum atomic E-state index is 13.3. The highest BCUT2D eigenvalue weighted by Gasteiger charge is 2.32. The third-order valence-corrected chi connectivity index (χ3v) is 6.83. The zero-order valence-electron chi connectivity index (χ0n) is 16.4. The molecule has 3 rings (SSSR count). The Morgan fingerprint density at radius 1 is 1.39 bits per heavy atom. The van der Waals surface area contributed by atoms with Gasteiger partial charge in [0, 0.05) is 18.8 Å². The van der Waals surface area contributed by atoms with Gasteiger partial charge in [0.2, 0.25) is 5.84 Å². The third-order valence-electron chi connectivity index (χ3n) is 4.68. The summed E-state index contributed by atoms with van der Waals surface area (Å²) in [5.74, 6) is -1.11. The van der Waals surface area contributed by atoms with Gasteiger partial charge in [0.15, 0.2) is 20.9 Å². The minimum atomic E-state index is -3.81. The summed E-state index contributed by atoms with van der Waals surface area (Å²) in [4.78, 5) is 2.11. The van der Waals surface area contributed by atoms with Gasteiger partial charge in [-0.3, -0.25) is 4.90 Å². The summed E-state index contributed by atoms with van der Waals surface area (Å²) in [6.07, 6.45) is 0.379. The van der Waals surface area contributed by atoms with Gasteiger partial charge in [0.05, 0.1) is 24.0 Å². The van der Waals surface area contributed by atoms with E-state index in [9.17, 15) is 18.0 Å². The van der Waals surface area contributed by atoms with Crippen molar-refractivity contribution in [3.63, 3.8) is 0 Å². The van der Waals surface area contributed by atoms with Crippen molar-refractivity contribution in [2.45, 2.75) is 11.8 Å². The van der Waals surface area contributed by atoms with E-state index in [2.05, 4.69) is 30.3 Å². The van der Waals surface area contributed by atoms with Gasteiger partial charge in [-0.2, -0.15) is 0 Å². The second kappa shape index (κ2) is 10.3. The van der Waals surface area contributed by atoms with Crippen LogP contribution in [0.4, 0.5) is 10.1 Å². The molecule has 1 fully saturated rings. The fourth-order valence-electron chi connectivity index (χ4n) is 3.00. The fourth-order valence-corrected chi connectivity index (χ4v) is 4.46. The minimum absolute atomic E-state index is 0.166. The van der Waals surface area contributed by atoms with E-state index < -0.39 is 21.0 Å². The number of nitrogens with two attached hydrogens (primary N) is 1. The van der Waals surface area contributed by atoms with E-state index in [1.165, 1.54) is 12.1 Å². The molecule has 0 amide bonds. The first-order valence-corrected chi connectivity index (χ1v) is 11.5. The molecular weight excluding hydrogens is 455 g/mol. The van der Waals surface area contributed by atoms with Crippen molar-refractivity contribution in [1.82, 2.24) is 15.2 Å². The van der Waals surface area contributed by atoms with Crippen LogP contribution in [0.15, 0.2) is 28.0 Å². The van der Waals surface area contributed by atoms with Crippen molar-refractivity contribution < 1.29 is 27.4 Å². The molecule has 2 heterocycles. The number of hydrogen-bond acceptors (Lipinski definition) is 10. The molecule has 1 saturated heterocycles. The zero-order chi connectivity index (χ0) is 22.4. The van der Waals surface area contributed by atoms with Crippen LogP contribution < -0.4 is 11.1 Å². The molecular formula is C17H22ClFN6O5S. The van der Waals surface area contributed by atoms with Crippen LogP contribution in [-0.4, -0.2) is 73.3 Å². The van der Waals surface area contributed by atoms with Crippen LogP contribution in [0.3, 0.4) is 0 Å². The van der Waals surface area contributed by atoms with Gasteiger partial charge in [-0.25, -0.2) is 17.4 Å². The highest BCUT2D eigenvalue weighted by Crippen LogP contribution is 2.23. The number of morpholine rings is 1. The standard InChI is InChI=1S/C17H22ClFN6O5S/c18-12-10-11(2-3-13(12)19)21-17(22-26)15-14(23-30-24-15)16(20)31(27,28)9-1-4-25-5-7-29-8-6-25/h2-3,10,16,26H,1,4-9,20H2,(H,21,22). The molecule has 0 aliphatic carbocycles. The van der Waals surface area contributed by atoms with Gasteiger partial charge < -0.3 is 21.0 Å². The van der Waals surface area contributed by atoms with Gasteiger partial charge >= 0.3 is 0 Å². The number of anilines is 1. The van der Waals surface area contributed by atoms with Crippen molar-refractivity contribution in [2.24, 2.45) is 10.9 Å². The molecule has 31 heavy (non-hydrogen) atoms. The quantitative estimate of drug-likeness (QED) is 0.219. The van der Waals surface area contributed by atoms with E-state index in [-0.39, 0.29) is 33.7 Å². The Balaban J connectivity index is 1.69. The maximum Gasteiger partial charge on any atom is 0.201 e. The molecule has 2 aromatic rings. The average Bonchev–Trinajstić information content (AvgIpc) is 3.24. The number of benzene rings is 1. The molecule has 1 aliphatic heterocycles. The highest BCUT2D eigenvalue weighted by molar-refractivity contribution is 7.91. The smallest absolute Gasteiger partial charge is 0.201 e. The summed E-state index contributed by atoms with van der Waals surface area (Å²) < 4.78 is 48.7. The molecule has 14 heteroatoms. The van der Waals surface area contributed by atoms with E-state index >= 15 is 0 Å². The van der Waals surface area contributed by atoms with Gasteiger partial charge in [0.25, 0.3) is 0 Å². The molecule has 0 bridgehead atoms. The second-order valence-electron chi connectivity index (χ2n) is 6.80. The zero-order valence-corrected chi connectivity index (χ0v) is 17.9. The van der Waals surface area contributed by atoms with E-state index in [0.29, 0.717) is 26.2 Å². The average molecular weight is 477 g/mol. The van der Waals surface area contributed by atoms with E-state index in [0.717, 1.165) is 19.2 Å². The van der Waals surface area contributed by atoms with Gasteiger partial charge in [-0.15, -0.1) is 0 Å². The summed E-state index contributed by atoms with van der Waals surface area (Å²) >= 11 is 5.74. The highest BCUT2D eigenvalue weighted by atomic mass is 35.5. The van der Waals surface area contributed by atoms with Crippen LogP contribution in [0.1, 0.15) is 23.2 Å². The number of halogens is 2. The molecule has 170 valence electrons. The Labute approximate surface area is 182 Å². The predicted molar refractivity (Wildman–Crippen MR) is 110 cm³/mol. The first kappa shape index (κ1) is 23.3. The molecule has 1 atom stereocenters. The summed E-state index contributed by atoms with van der Waals surface area (Å²) in [7, 11) is -3.81. The largest absolute Gasteiger partial charge is 0.409 e. The molecule has 1 aromatic heterocycles. The van der Waals surface area contributed by atoms with Crippen LogP contribution in [0.5, 0.6) is 0 Å². The SMILES string of the molecule is NC(c1nonc1/C(=N\O)Nc1ccc(F)c(Cl)c1)S(=O)(=O)CCCN1CCOCC1. The molecule has 11 nitrogen and oxygen atoms in total. The Morgan fingerprint density at radius 2 is 2.13 bits per heavy atom. The lowest BCUT2D eigenvalue weighted by atomic mass is 10.2. The summed E-state index contributed by atoms with van der Waals surface area (Å²) in [5, 5.41) is 20.6. The number of rotatable bonds is 8. The normalized spacial score (nSPS) is 16.9. The molecule has 0 saturated carbocycles.